The Kier molecular flexibility index (Phi) is 4.82. The molecule has 0 radical (unpaired) electrons. The number of aryl methyl sites for hydroxylation is 1. The van der Waals surface area contributed by atoms with Gasteiger partial charge < -0.3 is 23.3 Å². The maximum atomic E-state index is 13.6. The summed E-state index contributed by atoms with van der Waals surface area (Å²) in [5.41, 5.74) is 2.89. The van der Waals surface area contributed by atoms with Gasteiger partial charge in [-0.2, -0.15) is 0 Å². The fraction of sp³-hybridized carbons (Fsp3) is 0.261. The van der Waals surface area contributed by atoms with Crippen LogP contribution in [0.15, 0.2) is 51.6 Å². The minimum Gasteiger partial charge on any atom is -0.486 e. The number of hydrogen-bond donors (Lipinski definition) is 0. The molecular formula is C23H21N3O5. The molecule has 0 fully saturated rings. The van der Waals surface area contributed by atoms with Gasteiger partial charge in [0, 0.05) is 13.1 Å². The maximum Gasteiger partial charge on any atom is 0.259 e. The van der Waals surface area contributed by atoms with Gasteiger partial charge in [-0.15, -0.1) is 0 Å². The molecule has 4 aromatic rings. The van der Waals surface area contributed by atoms with Gasteiger partial charge in [-0.1, -0.05) is 11.2 Å². The summed E-state index contributed by atoms with van der Waals surface area (Å²) >= 11 is 0. The van der Waals surface area contributed by atoms with Crippen LogP contribution in [0.2, 0.25) is 0 Å². The van der Waals surface area contributed by atoms with Crippen LogP contribution in [-0.4, -0.2) is 40.7 Å². The second-order valence-corrected chi connectivity index (χ2v) is 7.28. The molecule has 31 heavy (non-hydrogen) atoms. The van der Waals surface area contributed by atoms with Crippen molar-refractivity contribution in [3.63, 3.8) is 0 Å². The van der Waals surface area contributed by atoms with E-state index in [-0.39, 0.29) is 5.91 Å². The van der Waals surface area contributed by atoms with Gasteiger partial charge in [-0.3, -0.25) is 4.79 Å². The predicted molar refractivity (Wildman–Crippen MR) is 112 cm³/mol. The molecule has 1 aliphatic rings. The lowest BCUT2D eigenvalue weighted by atomic mass is 10.1. The number of carbonyl (C=O) groups excluding carboxylic acids is 1. The van der Waals surface area contributed by atoms with Gasteiger partial charge in [0.05, 0.1) is 22.9 Å². The van der Waals surface area contributed by atoms with Crippen molar-refractivity contribution >= 4 is 17.0 Å². The zero-order chi connectivity index (χ0) is 21.4. The second-order valence-electron chi connectivity index (χ2n) is 7.28. The van der Waals surface area contributed by atoms with Crippen LogP contribution in [-0.2, 0) is 6.54 Å². The zero-order valence-electron chi connectivity index (χ0n) is 17.3. The molecule has 3 aromatic heterocycles. The molecule has 0 N–H and O–H groups in total. The molecule has 0 saturated carbocycles. The third kappa shape index (κ3) is 3.50. The fourth-order valence-electron chi connectivity index (χ4n) is 3.72. The Bertz CT molecular complexity index is 1250. The Morgan fingerprint density at radius 2 is 1.97 bits per heavy atom. The molecule has 1 aliphatic heterocycles. The monoisotopic (exact) mass is 419 g/mol. The summed E-state index contributed by atoms with van der Waals surface area (Å²) in [6, 6.07) is 11.1. The van der Waals surface area contributed by atoms with E-state index in [0.717, 1.165) is 11.3 Å². The number of furan rings is 1. The molecule has 0 atom stereocenters. The lowest BCUT2D eigenvalue weighted by Gasteiger charge is -2.23. The zero-order valence-corrected chi connectivity index (χ0v) is 17.3. The Labute approximate surface area is 178 Å². The summed E-state index contributed by atoms with van der Waals surface area (Å²) in [5.74, 6) is 1.85. The van der Waals surface area contributed by atoms with Crippen molar-refractivity contribution in [2.45, 2.75) is 20.4 Å². The maximum absolute atomic E-state index is 13.6. The number of rotatable bonds is 5. The van der Waals surface area contributed by atoms with Crippen LogP contribution in [0, 0.1) is 6.92 Å². The first-order chi connectivity index (χ1) is 15.1. The Morgan fingerprint density at radius 3 is 2.74 bits per heavy atom. The van der Waals surface area contributed by atoms with Crippen molar-refractivity contribution < 1.29 is 23.2 Å². The van der Waals surface area contributed by atoms with Crippen LogP contribution < -0.4 is 9.47 Å². The van der Waals surface area contributed by atoms with Gasteiger partial charge >= 0.3 is 0 Å². The Balaban J connectivity index is 1.51. The van der Waals surface area contributed by atoms with E-state index in [0.29, 0.717) is 65.9 Å². The number of benzene rings is 1. The normalized spacial score (nSPS) is 12.8. The molecule has 0 spiro atoms. The highest BCUT2D eigenvalue weighted by atomic mass is 16.6. The molecular weight excluding hydrogens is 398 g/mol. The average molecular weight is 419 g/mol. The fourth-order valence-corrected chi connectivity index (χ4v) is 3.72. The highest BCUT2D eigenvalue weighted by Crippen LogP contribution is 2.32. The second kappa shape index (κ2) is 7.79. The summed E-state index contributed by atoms with van der Waals surface area (Å²) < 4.78 is 22.1. The van der Waals surface area contributed by atoms with Gasteiger partial charge in [-0.05, 0) is 49.7 Å². The molecule has 158 valence electrons. The summed E-state index contributed by atoms with van der Waals surface area (Å²) in [6.45, 7) is 5.76. The first kappa shape index (κ1) is 19.2. The molecule has 8 heteroatoms. The van der Waals surface area contributed by atoms with E-state index in [1.54, 1.807) is 36.3 Å². The number of ether oxygens (including phenoxy) is 2. The molecule has 8 nitrogen and oxygen atoms in total. The van der Waals surface area contributed by atoms with Crippen LogP contribution >= 0.6 is 0 Å². The van der Waals surface area contributed by atoms with Crippen LogP contribution in [0.4, 0.5) is 0 Å². The van der Waals surface area contributed by atoms with Crippen molar-refractivity contribution in [3.8, 4) is 23.0 Å². The highest BCUT2D eigenvalue weighted by molar-refractivity contribution is 6.06. The lowest BCUT2D eigenvalue weighted by Crippen LogP contribution is -2.30. The topological polar surface area (TPSA) is 90.8 Å². The number of aromatic nitrogens is 2. The van der Waals surface area contributed by atoms with Crippen molar-refractivity contribution in [1.82, 2.24) is 15.0 Å². The number of nitrogens with zero attached hydrogens (tertiary/aromatic N) is 3. The molecule has 1 aromatic carbocycles. The van der Waals surface area contributed by atoms with E-state index in [2.05, 4.69) is 10.1 Å². The third-order valence-electron chi connectivity index (χ3n) is 5.27. The molecule has 0 bridgehead atoms. The first-order valence-corrected chi connectivity index (χ1v) is 10.1. The highest BCUT2D eigenvalue weighted by Gasteiger charge is 2.24. The van der Waals surface area contributed by atoms with Gasteiger partial charge in [0.25, 0.3) is 11.6 Å². The van der Waals surface area contributed by atoms with Gasteiger partial charge in [0.15, 0.2) is 17.3 Å². The van der Waals surface area contributed by atoms with Crippen molar-refractivity contribution in [2.24, 2.45) is 0 Å². The number of fused-ring (bicyclic) bond motifs is 2. The molecule has 0 aliphatic carbocycles. The summed E-state index contributed by atoms with van der Waals surface area (Å²) in [4.78, 5) is 19.8. The Morgan fingerprint density at radius 1 is 1.13 bits per heavy atom. The van der Waals surface area contributed by atoms with Crippen LogP contribution in [0.25, 0.3) is 22.6 Å². The van der Waals surface area contributed by atoms with Crippen molar-refractivity contribution in [3.05, 3.63) is 59.5 Å². The smallest absolute Gasteiger partial charge is 0.259 e. The van der Waals surface area contributed by atoms with E-state index in [9.17, 15) is 4.79 Å². The van der Waals surface area contributed by atoms with Crippen LogP contribution in [0.1, 0.15) is 28.5 Å². The molecule has 1 amide bonds. The standard InChI is InChI=1S/C23H21N3O5/c1-3-26(13-15-6-7-19-20(11-15)30-10-9-29-19)23(27)16-12-17(18-5-4-8-28-18)24-22-21(16)14(2)25-31-22/h4-8,11-12H,3,9-10,13H2,1-2H3. The first-order valence-electron chi connectivity index (χ1n) is 10.1. The molecule has 0 saturated heterocycles. The summed E-state index contributed by atoms with van der Waals surface area (Å²) in [6.07, 6.45) is 1.56. The minimum absolute atomic E-state index is 0.135. The van der Waals surface area contributed by atoms with Crippen LogP contribution in [0.5, 0.6) is 11.5 Å². The number of carbonyl (C=O) groups is 1. The van der Waals surface area contributed by atoms with E-state index in [1.807, 2.05) is 25.1 Å². The van der Waals surface area contributed by atoms with Crippen molar-refractivity contribution in [1.29, 1.82) is 0 Å². The van der Waals surface area contributed by atoms with Crippen molar-refractivity contribution in [2.75, 3.05) is 19.8 Å². The number of hydrogen-bond acceptors (Lipinski definition) is 7. The van der Waals surface area contributed by atoms with Gasteiger partial charge in [0.2, 0.25) is 0 Å². The van der Waals surface area contributed by atoms with Crippen LogP contribution in [0.3, 0.4) is 0 Å². The predicted octanol–water partition coefficient (Wildman–Crippen LogP) is 4.22. The summed E-state index contributed by atoms with van der Waals surface area (Å²) in [7, 11) is 0. The summed E-state index contributed by atoms with van der Waals surface area (Å²) in [5, 5.41) is 4.62. The quantitative estimate of drug-likeness (QED) is 0.478. The average Bonchev–Trinajstić information content (AvgIpc) is 3.47. The SMILES string of the molecule is CCN(Cc1ccc2c(c1)OCCO2)C(=O)c1cc(-c2ccco2)nc2onc(C)c12. The third-order valence-corrected chi connectivity index (χ3v) is 5.27. The number of amides is 1. The van der Waals surface area contributed by atoms with Gasteiger partial charge in [-0.25, -0.2) is 4.98 Å². The minimum atomic E-state index is -0.135. The molecule has 0 unspecified atom stereocenters. The molecule has 5 rings (SSSR count). The van der Waals surface area contributed by atoms with E-state index >= 15 is 0 Å². The van der Waals surface area contributed by atoms with Gasteiger partial charge in [0.1, 0.15) is 18.9 Å². The largest absolute Gasteiger partial charge is 0.486 e. The Hall–Kier alpha value is -3.81. The lowest BCUT2D eigenvalue weighted by molar-refractivity contribution is 0.0754. The van der Waals surface area contributed by atoms with E-state index < -0.39 is 0 Å². The molecule has 4 heterocycles. The number of pyridine rings is 1. The van der Waals surface area contributed by atoms with E-state index in [4.69, 9.17) is 18.4 Å². The van der Waals surface area contributed by atoms with E-state index in [1.165, 1.54) is 0 Å².